The number of nitrogens with zero attached hydrogens (tertiary/aromatic N) is 1. The van der Waals surface area contributed by atoms with E-state index in [2.05, 4.69) is 0 Å². The highest BCUT2D eigenvalue weighted by molar-refractivity contribution is 7.89. The smallest absolute Gasteiger partial charge is 0.243 e. The molecule has 0 aliphatic carbocycles. The maximum atomic E-state index is 12.9. The van der Waals surface area contributed by atoms with Crippen molar-refractivity contribution in [2.24, 2.45) is 0 Å². The predicted molar refractivity (Wildman–Crippen MR) is 94.3 cm³/mol. The fourth-order valence-electron chi connectivity index (χ4n) is 3.94. The highest BCUT2D eigenvalue weighted by Crippen LogP contribution is 2.40. The van der Waals surface area contributed by atoms with E-state index < -0.39 is 21.2 Å². The second-order valence-electron chi connectivity index (χ2n) is 7.49. The number of ether oxygens (including phenoxy) is 2. The van der Waals surface area contributed by atoms with Gasteiger partial charge in [-0.1, -0.05) is 0 Å². The first-order valence-corrected chi connectivity index (χ1v) is 10.1. The van der Waals surface area contributed by atoms with Crippen LogP contribution >= 0.6 is 0 Å². The van der Waals surface area contributed by atoms with Crippen LogP contribution in [0, 0.1) is 6.92 Å². The van der Waals surface area contributed by atoms with Crippen molar-refractivity contribution in [2.45, 2.75) is 55.6 Å². The SMILES string of the molecule is COc1ccc(S(=O)(=O)N2CCC3(CC2)CC(C)(O)CCO3)cc1C. The van der Waals surface area contributed by atoms with Gasteiger partial charge in [-0.3, -0.25) is 0 Å². The lowest BCUT2D eigenvalue weighted by molar-refractivity contribution is -0.168. The summed E-state index contributed by atoms with van der Waals surface area (Å²) in [5, 5.41) is 10.4. The number of aliphatic hydroxyl groups is 1. The average molecular weight is 369 g/mol. The van der Waals surface area contributed by atoms with Crippen LogP contribution in [0.4, 0.5) is 0 Å². The van der Waals surface area contributed by atoms with Crippen molar-refractivity contribution >= 4 is 10.0 Å². The van der Waals surface area contributed by atoms with Gasteiger partial charge in [0.1, 0.15) is 5.75 Å². The summed E-state index contributed by atoms with van der Waals surface area (Å²) in [6.45, 7) is 5.01. The number of hydrogen-bond donors (Lipinski definition) is 1. The molecule has 7 heteroatoms. The van der Waals surface area contributed by atoms with Crippen LogP contribution in [0.2, 0.25) is 0 Å². The van der Waals surface area contributed by atoms with Gasteiger partial charge in [-0.25, -0.2) is 8.42 Å². The summed E-state index contributed by atoms with van der Waals surface area (Å²) in [7, 11) is -1.96. The fraction of sp³-hybridized carbons (Fsp3) is 0.667. The molecule has 3 rings (SSSR count). The van der Waals surface area contributed by atoms with Gasteiger partial charge in [-0.15, -0.1) is 0 Å². The van der Waals surface area contributed by atoms with Crippen molar-refractivity contribution in [3.8, 4) is 5.75 Å². The van der Waals surface area contributed by atoms with Gasteiger partial charge in [0, 0.05) is 19.5 Å². The Balaban J connectivity index is 1.74. The molecule has 140 valence electrons. The van der Waals surface area contributed by atoms with Gasteiger partial charge in [-0.2, -0.15) is 4.31 Å². The fourth-order valence-corrected chi connectivity index (χ4v) is 5.46. The maximum absolute atomic E-state index is 12.9. The molecule has 0 aromatic heterocycles. The number of hydrogen-bond acceptors (Lipinski definition) is 5. The zero-order valence-corrected chi connectivity index (χ0v) is 15.9. The second kappa shape index (κ2) is 6.54. The number of methoxy groups -OCH3 is 1. The molecule has 1 N–H and O–H groups in total. The van der Waals surface area contributed by atoms with Gasteiger partial charge < -0.3 is 14.6 Å². The van der Waals surface area contributed by atoms with E-state index in [4.69, 9.17) is 9.47 Å². The van der Waals surface area contributed by atoms with E-state index in [9.17, 15) is 13.5 Å². The predicted octanol–water partition coefficient (Wildman–Crippen LogP) is 2.09. The molecule has 0 amide bonds. The minimum Gasteiger partial charge on any atom is -0.496 e. The molecule has 1 aromatic rings. The van der Waals surface area contributed by atoms with Crippen molar-refractivity contribution in [3.63, 3.8) is 0 Å². The summed E-state index contributed by atoms with van der Waals surface area (Å²) < 4.78 is 38.5. The van der Waals surface area contributed by atoms with E-state index in [0.717, 1.165) is 5.56 Å². The summed E-state index contributed by atoms with van der Waals surface area (Å²) in [4.78, 5) is 0.290. The monoisotopic (exact) mass is 369 g/mol. The molecule has 2 fully saturated rings. The molecule has 2 aliphatic rings. The lowest BCUT2D eigenvalue weighted by atomic mass is 9.78. The molecule has 2 heterocycles. The molecule has 0 radical (unpaired) electrons. The Hall–Kier alpha value is -1.15. The third-order valence-corrected chi connectivity index (χ3v) is 7.28. The Kier molecular flexibility index (Phi) is 4.87. The summed E-state index contributed by atoms with van der Waals surface area (Å²) in [5.74, 6) is 0.675. The lowest BCUT2D eigenvalue weighted by Crippen LogP contribution is -2.54. The van der Waals surface area contributed by atoms with Crippen LogP contribution in [0.5, 0.6) is 5.75 Å². The highest BCUT2D eigenvalue weighted by atomic mass is 32.2. The first-order chi connectivity index (χ1) is 11.7. The van der Waals surface area contributed by atoms with E-state index >= 15 is 0 Å². The first-order valence-electron chi connectivity index (χ1n) is 8.69. The molecule has 1 atom stereocenters. The van der Waals surface area contributed by atoms with E-state index in [1.165, 1.54) is 4.31 Å². The van der Waals surface area contributed by atoms with Gasteiger partial charge in [-0.05, 0) is 56.9 Å². The van der Waals surface area contributed by atoms with Crippen LogP contribution in [0.3, 0.4) is 0 Å². The molecule has 0 saturated carbocycles. The third-order valence-electron chi connectivity index (χ3n) is 5.39. The van der Waals surface area contributed by atoms with Crippen LogP contribution in [0.25, 0.3) is 0 Å². The number of rotatable bonds is 3. The van der Waals surface area contributed by atoms with E-state index in [-0.39, 0.29) is 0 Å². The molecular formula is C18H27NO5S. The third kappa shape index (κ3) is 3.69. The van der Waals surface area contributed by atoms with Gasteiger partial charge in [0.2, 0.25) is 10.0 Å². The largest absolute Gasteiger partial charge is 0.496 e. The van der Waals surface area contributed by atoms with Crippen molar-refractivity contribution in [1.82, 2.24) is 4.31 Å². The van der Waals surface area contributed by atoms with Crippen molar-refractivity contribution in [1.29, 1.82) is 0 Å². The van der Waals surface area contributed by atoms with E-state index in [0.29, 0.717) is 56.0 Å². The number of sulfonamides is 1. The Morgan fingerprint density at radius 1 is 1.24 bits per heavy atom. The van der Waals surface area contributed by atoms with Crippen LogP contribution < -0.4 is 4.74 Å². The maximum Gasteiger partial charge on any atom is 0.243 e. The van der Waals surface area contributed by atoms with Crippen LogP contribution in [-0.2, 0) is 14.8 Å². The summed E-state index contributed by atoms with van der Waals surface area (Å²) in [6, 6.07) is 4.93. The quantitative estimate of drug-likeness (QED) is 0.883. The first kappa shape index (κ1) is 18.6. The Bertz CT molecular complexity index is 736. The zero-order valence-electron chi connectivity index (χ0n) is 15.1. The lowest BCUT2D eigenvalue weighted by Gasteiger charge is -2.47. The molecule has 6 nitrogen and oxygen atoms in total. The zero-order chi connectivity index (χ0) is 18.3. The summed E-state index contributed by atoms with van der Waals surface area (Å²) in [5.41, 5.74) is -0.334. The van der Waals surface area contributed by atoms with Crippen molar-refractivity contribution < 1.29 is 23.0 Å². The number of benzene rings is 1. The van der Waals surface area contributed by atoms with Gasteiger partial charge in [0.05, 0.1) is 29.8 Å². The molecule has 2 saturated heterocycles. The summed E-state index contributed by atoms with van der Waals surface area (Å²) >= 11 is 0. The molecular weight excluding hydrogens is 342 g/mol. The summed E-state index contributed by atoms with van der Waals surface area (Å²) in [6.07, 6.45) is 2.41. The minimum absolute atomic E-state index is 0.290. The molecule has 0 bridgehead atoms. The highest BCUT2D eigenvalue weighted by Gasteiger charge is 2.46. The second-order valence-corrected chi connectivity index (χ2v) is 9.43. The number of aryl methyl sites for hydroxylation is 1. The van der Waals surface area contributed by atoms with Gasteiger partial charge >= 0.3 is 0 Å². The molecule has 25 heavy (non-hydrogen) atoms. The van der Waals surface area contributed by atoms with Gasteiger partial charge in [0.25, 0.3) is 0 Å². The van der Waals surface area contributed by atoms with Gasteiger partial charge in [0.15, 0.2) is 0 Å². The standard InChI is InChI=1S/C18H27NO5S/c1-14-12-15(4-5-16(14)23-3)25(21,22)19-9-6-18(7-10-19)13-17(2,20)8-11-24-18/h4-5,12,20H,6-11,13H2,1-3H3. The van der Waals surface area contributed by atoms with E-state index in [1.807, 2.05) is 13.8 Å². The van der Waals surface area contributed by atoms with Crippen molar-refractivity contribution in [3.05, 3.63) is 23.8 Å². The molecule has 1 aromatic carbocycles. The molecule has 1 spiro atoms. The Labute approximate surface area is 149 Å². The van der Waals surface area contributed by atoms with E-state index in [1.54, 1.807) is 25.3 Å². The normalized spacial score (nSPS) is 27.4. The van der Waals surface area contributed by atoms with Crippen LogP contribution in [0.15, 0.2) is 23.1 Å². The molecule has 2 aliphatic heterocycles. The Morgan fingerprint density at radius 3 is 2.48 bits per heavy atom. The molecule has 1 unspecified atom stereocenters. The Morgan fingerprint density at radius 2 is 1.92 bits per heavy atom. The minimum atomic E-state index is -3.53. The average Bonchev–Trinajstić information content (AvgIpc) is 2.54. The number of piperidine rings is 1. The van der Waals surface area contributed by atoms with Crippen molar-refractivity contribution in [2.75, 3.05) is 26.8 Å². The van der Waals surface area contributed by atoms with Crippen LogP contribution in [-0.4, -0.2) is 55.8 Å². The van der Waals surface area contributed by atoms with Crippen LogP contribution in [0.1, 0.15) is 38.2 Å². The topological polar surface area (TPSA) is 76.1 Å².